The molecule has 2 heterocycles. The minimum Gasteiger partial charge on any atom is -0.337 e. The number of piperazine rings is 1. The first kappa shape index (κ1) is 14.5. The zero-order valence-corrected chi connectivity index (χ0v) is 12.0. The Bertz CT molecular complexity index is 526. The molecule has 110 valence electrons. The lowest BCUT2D eigenvalue weighted by atomic mass is 10.1. The molecule has 1 saturated heterocycles. The van der Waals surface area contributed by atoms with Gasteiger partial charge in [0.2, 0.25) is 0 Å². The average molecular weight is 280 g/mol. The maximum Gasteiger partial charge on any atom is 0.287 e. The van der Waals surface area contributed by atoms with Gasteiger partial charge in [-0.25, -0.2) is 0 Å². The number of aryl methyl sites for hydroxylation is 1. The van der Waals surface area contributed by atoms with Gasteiger partial charge >= 0.3 is 0 Å². The molecule has 1 amide bonds. The van der Waals surface area contributed by atoms with Crippen LogP contribution in [0, 0.1) is 10.1 Å². The Kier molecular flexibility index (Phi) is 4.08. The molecule has 1 aromatic rings. The highest BCUT2D eigenvalue weighted by atomic mass is 16.6. The van der Waals surface area contributed by atoms with Crippen LogP contribution in [0.15, 0.2) is 12.3 Å². The van der Waals surface area contributed by atoms with E-state index in [0.717, 1.165) is 6.54 Å². The zero-order chi connectivity index (χ0) is 14.9. The number of nitrogens with zero attached hydrogens (tertiary/aromatic N) is 3. The van der Waals surface area contributed by atoms with Crippen LogP contribution >= 0.6 is 0 Å². The second-order valence-corrected chi connectivity index (χ2v) is 5.24. The van der Waals surface area contributed by atoms with Crippen molar-refractivity contribution in [1.29, 1.82) is 0 Å². The van der Waals surface area contributed by atoms with Crippen LogP contribution in [0.25, 0.3) is 0 Å². The van der Waals surface area contributed by atoms with Crippen molar-refractivity contribution in [1.82, 2.24) is 14.8 Å². The molecule has 2 atom stereocenters. The Morgan fingerprint density at radius 3 is 2.85 bits per heavy atom. The molecule has 2 unspecified atom stereocenters. The Labute approximate surface area is 117 Å². The first-order valence-electron chi connectivity index (χ1n) is 6.83. The van der Waals surface area contributed by atoms with Crippen molar-refractivity contribution in [2.45, 2.75) is 39.4 Å². The number of carbonyl (C=O) groups excluding carboxylic acids is 1. The van der Waals surface area contributed by atoms with E-state index in [9.17, 15) is 14.9 Å². The number of hydrogen-bond donors (Lipinski definition) is 1. The lowest BCUT2D eigenvalue weighted by Crippen LogP contribution is -2.56. The fourth-order valence-corrected chi connectivity index (χ4v) is 2.49. The fraction of sp³-hybridized carbons (Fsp3) is 0.615. The summed E-state index contributed by atoms with van der Waals surface area (Å²) in [7, 11) is 0. The number of amides is 1. The van der Waals surface area contributed by atoms with E-state index in [-0.39, 0.29) is 23.7 Å². The molecule has 0 radical (unpaired) electrons. The van der Waals surface area contributed by atoms with Gasteiger partial charge in [-0.2, -0.15) is 0 Å². The predicted molar refractivity (Wildman–Crippen MR) is 74.7 cm³/mol. The molecule has 20 heavy (non-hydrogen) atoms. The maximum absolute atomic E-state index is 12.6. The molecule has 2 rings (SSSR count). The smallest absolute Gasteiger partial charge is 0.287 e. The standard InChI is InChI=1S/C13H20N4O3/c1-4-15-8-11(17(19)20)5-12(15)13(18)16-7-9(2)14-6-10(16)3/h5,8-10,14H,4,6-7H2,1-3H3. The van der Waals surface area contributed by atoms with Crippen molar-refractivity contribution in [2.75, 3.05) is 13.1 Å². The van der Waals surface area contributed by atoms with Gasteiger partial charge < -0.3 is 14.8 Å². The second-order valence-electron chi connectivity index (χ2n) is 5.24. The molecule has 0 saturated carbocycles. The van der Waals surface area contributed by atoms with Gasteiger partial charge in [-0.05, 0) is 20.8 Å². The van der Waals surface area contributed by atoms with Gasteiger partial charge in [0.05, 0.1) is 11.1 Å². The van der Waals surface area contributed by atoms with E-state index >= 15 is 0 Å². The van der Waals surface area contributed by atoms with Crippen molar-refractivity contribution >= 4 is 11.6 Å². The lowest BCUT2D eigenvalue weighted by molar-refractivity contribution is -0.384. The Morgan fingerprint density at radius 2 is 2.25 bits per heavy atom. The van der Waals surface area contributed by atoms with Gasteiger partial charge in [0.25, 0.3) is 11.6 Å². The molecular weight excluding hydrogens is 260 g/mol. The SMILES string of the molecule is CCn1cc([N+](=O)[O-])cc1C(=O)N1CC(C)NCC1C. The summed E-state index contributed by atoms with van der Waals surface area (Å²) >= 11 is 0. The van der Waals surface area contributed by atoms with E-state index in [4.69, 9.17) is 0 Å². The van der Waals surface area contributed by atoms with E-state index < -0.39 is 4.92 Å². The molecule has 7 nitrogen and oxygen atoms in total. The van der Waals surface area contributed by atoms with Crippen LogP contribution < -0.4 is 5.32 Å². The monoisotopic (exact) mass is 280 g/mol. The largest absolute Gasteiger partial charge is 0.337 e. The summed E-state index contributed by atoms with van der Waals surface area (Å²) < 4.78 is 1.64. The topological polar surface area (TPSA) is 80.4 Å². The van der Waals surface area contributed by atoms with Gasteiger partial charge in [-0.1, -0.05) is 0 Å². The Hall–Kier alpha value is -1.89. The van der Waals surface area contributed by atoms with Crippen molar-refractivity contribution in [2.24, 2.45) is 0 Å². The highest BCUT2D eigenvalue weighted by molar-refractivity contribution is 5.94. The summed E-state index contributed by atoms with van der Waals surface area (Å²) in [4.78, 5) is 24.8. The summed E-state index contributed by atoms with van der Waals surface area (Å²) in [6.45, 7) is 7.75. The van der Waals surface area contributed by atoms with Gasteiger partial charge in [0.15, 0.2) is 0 Å². The second kappa shape index (κ2) is 5.62. The summed E-state index contributed by atoms with van der Waals surface area (Å²) in [5, 5.41) is 14.2. The highest BCUT2D eigenvalue weighted by Gasteiger charge is 2.30. The number of hydrogen-bond acceptors (Lipinski definition) is 4. The summed E-state index contributed by atoms with van der Waals surface area (Å²) in [5.41, 5.74) is 0.353. The molecule has 1 aliphatic rings. The highest BCUT2D eigenvalue weighted by Crippen LogP contribution is 2.20. The van der Waals surface area contributed by atoms with Crippen LogP contribution in [0.4, 0.5) is 5.69 Å². The molecule has 0 bridgehead atoms. The molecule has 0 aliphatic carbocycles. The quantitative estimate of drug-likeness (QED) is 0.667. The van der Waals surface area contributed by atoms with E-state index in [1.165, 1.54) is 12.3 Å². The first-order valence-corrected chi connectivity index (χ1v) is 6.83. The number of aromatic nitrogens is 1. The van der Waals surface area contributed by atoms with Crippen LogP contribution in [0.5, 0.6) is 0 Å². The van der Waals surface area contributed by atoms with Crippen LogP contribution in [-0.2, 0) is 6.54 Å². The summed E-state index contributed by atoms with van der Waals surface area (Å²) in [5.74, 6) is -0.138. The van der Waals surface area contributed by atoms with Crippen molar-refractivity contribution in [3.05, 3.63) is 28.1 Å². The third kappa shape index (κ3) is 2.67. The van der Waals surface area contributed by atoms with Crippen molar-refractivity contribution in [3.63, 3.8) is 0 Å². The Balaban J connectivity index is 2.30. The molecular formula is C13H20N4O3. The summed E-state index contributed by atoms with van der Waals surface area (Å²) in [6, 6.07) is 1.68. The van der Waals surface area contributed by atoms with E-state index in [2.05, 4.69) is 5.32 Å². The van der Waals surface area contributed by atoms with E-state index in [0.29, 0.717) is 18.8 Å². The summed E-state index contributed by atoms with van der Waals surface area (Å²) in [6.07, 6.45) is 1.42. The van der Waals surface area contributed by atoms with Crippen molar-refractivity contribution < 1.29 is 9.72 Å². The molecule has 1 aliphatic heterocycles. The molecule has 0 spiro atoms. The van der Waals surface area contributed by atoms with Crippen molar-refractivity contribution in [3.8, 4) is 0 Å². The minimum atomic E-state index is -0.466. The van der Waals surface area contributed by atoms with E-state index in [1.54, 1.807) is 9.47 Å². The zero-order valence-electron chi connectivity index (χ0n) is 12.0. The fourth-order valence-electron chi connectivity index (χ4n) is 2.49. The normalized spacial score (nSPS) is 22.9. The van der Waals surface area contributed by atoms with Crippen LogP contribution in [0.1, 0.15) is 31.3 Å². The van der Waals surface area contributed by atoms with Crippen LogP contribution in [0.3, 0.4) is 0 Å². The Morgan fingerprint density at radius 1 is 1.55 bits per heavy atom. The molecule has 0 aromatic carbocycles. The molecule has 1 N–H and O–H groups in total. The molecule has 1 fully saturated rings. The molecule has 1 aromatic heterocycles. The van der Waals surface area contributed by atoms with Gasteiger partial charge in [-0.3, -0.25) is 14.9 Å². The maximum atomic E-state index is 12.6. The van der Waals surface area contributed by atoms with Crippen LogP contribution in [0.2, 0.25) is 0 Å². The van der Waals surface area contributed by atoms with Gasteiger partial charge in [-0.15, -0.1) is 0 Å². The van der Waals surface area contributed by atoms with Gasteiger partial charge in [0, 0.05) is 37.8 Å². The van der Waals surface area contributed by atoms with Gasteiger partial charge in [0.1, 0.15) is 5.69 Å². The third-order valence-electron chi connectivity index (χ3n) is 3.68. The average Bonchev–Trinajstić information content (AvgIpc) is 2.85. The first-order chi connectivity index (χ1) is 9.43. The minimum absolute atomic E-state index is 0.0361. The predicted octanol–water partition coefficient (Wildman–Crippen LogP) is 1.24. The van der Waals surface area contributed by atoms with Crippen LogP contribution in [-0.4, -0.2) is 45.5 Å². The molecule has 7 heteroatoms. The van der Waals surface area contributed by atoms with E-state index in [1.807, 2.05) is 20.8 Å². The number of rotatable bonds is 3. The lowest BCUT2D eigenvalue weighted by Gasteiger charge is -2.37. The number of nitro groups is 1. The third-order valence-corrected chi connectivity index (χ3v) is 3.68. The number of carbonyl (C=O) groups is 1. The number of nitrogens with one attached hydrogen (secondary N) is 1.